The Hall–Kier alpha value is -2.04. The number of nitrogens with zero attached hydrogens (tertiary/aromatic N) is 4. The van der Waals surface area contributed by atoms with Gasteiger partial charge in [-0.25, -0.2) is 4.99 Å². The molecule has 1 N–H and O–H groups in total. The molecule has 1 aliphatic rings. The molecule has 0 spiro atoms. The van der Waals surface area contributed by atoms with Crippen molar-refractivity contribution in [3.8, 4) is 0 Å². The predicted octanol–water partition coefficient (Wildman–Crippen LogP) is 1.43. The second-order valence-corrected chi connectivity index (χ2v) is 5.64. The first-order valence-electron chi connectivity index (χ1n) is 7.38. The van der Waals surface area contributed by atoms with Gasteiger partial charge in [0.2, 0.25) is 5.96 Å². The summed E-state index contributed by atoms with van der Waals surface area (Å²) in [6.07, 6.45) is 1.00. The molecule has 1 aromatic carbocycles. The van der Waals surface area contributed by atoms with Gasteiger partial charge < -0.3 is 9.80 Å². The quantitative estimate of drug-likeness (QED) is 0.914. The van der Waals surface area contributed by atoms with Crippen molar-refractivity contribution in [1.82, 2.24) is 15.1 Å². The molecule has 0 bridgehead atoms. The first-order valence-corrected chi connectivity index (χ1v) is 7.38. The number of guanidine groups is 2. The number of benzene rings is 1. The highest BCUT2D eigenvalue weighted by molar-refractivity contribution is 5.98. The van der Waals surface area contributed by atoms with Gasteiger partial charge in [0.25, 0.3) is 0 Å². The van der Waals surface area contributed by atoms with Crippen LogP contribution in [-0.4, -0.2) is 62.0 Å². The Kier molecular flexibility index (Phi) is 5.20. The smallest absolute Gasteiger partial charge is 0.200 e. The van der Waals surface area contributed by atoms with E-state index in [2.05, 4.69) is 53.4 Å². The second kappa shape index (κ2) is 7.11. The summed E-state index contributed by atoms with van der Waals surface area (Å²) in [4.78, 5) is 13.4. The average Bonchev–Trinajstić information content (AvgIpc) is 2.68. The minimum Gasteiger partial charge on any atom is -0.349 e. The summed E-state index contributed by atoms with van der Waals surface area (Å²) in [6.45, 7) is 3.73. The lowest BCUT2D eigenvalue weighted by molar-refractivity contribution is 0.487. The number of hydrogen-bond donors (Lipinski definition) is 1. The normalized spacial score (nSPS) is 18.2. The Bertz CT molecular complexity index is 507. The van der Waals surface area contributed by atoms with Gasteiger partial charge in [-0.2, -0.15) is 0 Å². The Morgan fingerprint density at radius 2 is 1.86 bits per heavy atom. The average molecular weight is 287 g/mol. The number of nitrogens with one attached hydrogen (secondary N) is 1. The maximum absolute atomic E-state index is 4.71. The van der Waals surface area contributed by atoms with Gasteiger partial charge >= 0.3 is 0 Å². The molecule has 1 aliphatic heterocycles. The zero-order valence-electron chi connectivity index (χ0n) is 13.4. The summed E-state index contributed by atoms with van der Waals surface area (Å²) in [5, 5.41) is 3.33. The molecule has 0 aromatic heterocycles. The molecular formula is C16H25N5. The fraction of sp³-hybridized carbons (Fsp3) is 0.500. The minimum atomic E-state index is 0.198. The van der Waals surface area contributed by atoms with Gasteiger partial charge in [0.05, 0.1) is 12.6 Å². The molecule has 1 aromatic rings. The summed E-state index contributed by atoms with van der Waals surface area (Å²) >= 11 is 0. The van der Waals surface area contributed by atoms with Crippen molar-refractivity contribution in [3.63, 3.8) is 0 Å². The molecule has 0 saturated heterocycles. The van der Waals surface area contributed by atoms with Crippen molar-refractivity contribution in [2.45, 2.75) is 19.4 Å². The molecule has 2 rings (SSSR count). The number of likely N-dealkylation sites (N-methyl/N-ethyl adjacent to an activating group) is 1. The molecular weight excluding hydrogens is 262 g/mol. The highest BCUT2D eigenvalue weighted by atomic mass is 15.4. The van der Waals surface area contributed by atoms with E-state index in [1.165, 1.54) is 5.56 Å². The Morgan fingerprint density at radius 1 is 1.14 bits per heavy atom. The Labute approximate surface area is 127 Å². The van der Waals surface area contributed by atoms with E-state index in [9.17, 15) is 0 Å². The third kappa shape index (κ3) is 4.48. The van der Waals surface area contributed by atoms with Crippen LogP contribution in [0.5, 0.6) is 0 Å². The molecule has 0 saturated carbocycles. The lowest BCUT2D eigenvalue weighted by Gasteiger charge is -2.24. The fourth-order valence-electron chi connectivity index (χ4n) is 2.13. The predicted molar refractivity (Wildman–Crippen MR) is 88.8 cm³/mol. The van der Waals surface area contributed by atoms with Gasteiger partial charge in [-0.15, -0.1) is 0 Å². The van der Waals surface area contributed by atoms with E-state index in [-0.39, 0.29) is 6.04 Å². The van der Waals surface area contributed by atoms with E-state index >= 15 is 0 Å². The van der Waals surface area contributed by atoms with Crippen molar-refractivity contribution in [3.05, 3.63) is 35.9 Å². The third-order valence-corrected chi connectivity index (χ3v) is 3.44. The zero-order chi connectivity index (χ0) is 15.2. The van der Waals surface area contributed by atoms with Crippen LogP contribution < -0.4 is 5.32 Å². The third-order valence-electron chi connectivity index (χ3n) is 3.44. The van der Waals surface area contributed by atoms with Crippen LogP contribution in [0.2, 0.25) is 0 Å². The Balaban J connectivity index is 2.00. The van der Waals surface area contributed by atoms with E-state index in [1.807, 2.05) is 25.1 Å². The summed E-state index contributed by atoms with van der Waals surface area (Å²) in [5.41, 5.74) is 1.34. The number of aliphatic imine (C=N–C) groups is 2. The molecule has 5 heteroatoms. The van der Waals surface area contributed by atoms with Crippen molar-refractivity contribution < 1.29 is 0 Å². The Morgan fingerprint density at radius 3 is 2.52 bits per heavy atom. The van der Waals surface area contributed by atoms with E-state index < -0.39 is 0 Å². The van der Waals surface area contributed by atoms with Crippen LogP contribution in [0.25, 0.3) is 0 Å². The van der Waals surface area contributed by atoms with E-state index in [0.29, 0.717) is 0 Å². The van der Waals surface area contributed by atoms with Crippen molar-refractivity contribution in [2.75, 3.05) is 34.2 Å². The van der Waals surface area contributed by atoms with Gasteiger partial charge in [-0.1, -0.05) is 30.3 Å². The molecule has 114 valence electrons. The topological polar surface area (TPSA) is 43.2 Å². The van der Waals surface area contributed by atoms with Crippen LogP contribution in [0.1, 0.15) is 12.5 Å². The molecule has 0 radical (unpaired) electrons. The van der Waals surface area contributed by atoms with Crippen molar-refractivity contribution >= 4 is 11.9 Å². The summed E-state index contributed by atoms with van der Waals surface area (Å²) < 4.78 is 0. The molecule has 1 heterocycles. The molecule has 1 atom stereocenters. The van der Waals surface area contributed by atoms with Crippen LogP contribution in [0.4, 0.5) is 0 Å². The first-order chi connectivity index (χ1) is 10.1. The molecule has 1 unspecified atom stereocenters. The molecule has 0 aliphatic carbocycles. The van der Waals surface area contributed by atoms with Gasteiger partial charge in [0.1, 0.15) is 0 Å². The van der Waals surface area contributed by atoms with Gasteiger partial charge in [-0.05, 0) is 18.9 Å². The highest BCUT2D eigenvalue weighted by Crippen LogP contribution is 2.03. The van der Waals surface area contributed by atoms with Crippen LogP contribution in [0, 0.1) is 0 Å². The lowest BCUT2D eigenvalue weighted by Crippen LogP contribution is -2.47. The molecule has 0 amide bonds. The van der Waals surface area contributed by atoms with E-state index in [0.717, 1.165) is 31.4 Å². The highest BCUT2D eigenvalue weighted by Gasteiger charge is 2.16. The maximum atomic E-state index is 4.71. The van der Waals surface area contributed by atoms with E-state index in [1.54, 1.807) is 0 Å². The van der Waals surface area contributed by atoms with Crippen LogP contribution in [0.3, 0.4) is 0 Å². The standard InChI is InChI=1S/C16H25N5/c1-13-12-17-15(20(2)3)19-16(18-13)21(4)11-10-14-8-6-5-7-9-14/h5-9,13H,10-12H2,1-4H3,(H,17,18,19). The largest absolute Gasteiger partial charge is 0.349 e. The molecule has 5 nitrogen and oxygen atoms in total. The summed E-state index contributed by atoms with van der Waals surface area (Å²) in [5.74, 6) is 1.76. The summed E-state index contributed by atoms with van der Waals surface area (Å²) in [6, 6.07) is 10.7. The first kappa shape index (κ1) is 15.4. The van der Waals surface area contributed by atoms with Gasteiger partial charge in [-0.3, -0.25) is 10.3 Å². The minimum absolute atomic E-state index is 0.198. The van der Waals surface area contributed by atoms with Crippen LogP contribution in [-0.2, 0) is 6.42 Å². The van der Waals surface area contributed by atoms with Crippen molar-refractivity contribution in [1.29, 1.82) is 0 Å². The molecule has 0 fully saturated rings. The SMILES string of the molecule is CC1CN=C(N(C)C)NC(N(C)CCc2ccccc2)=N1. The van der Waals surface area contributed by atoms with Crippen LogP contribution >= 0.6 is 0 Å². The fourth-order valence-corrected chi connectivity index (χ4v) is 2.13. The number of hydrogen-bond acceptors (Lipinski definition) is 5. The van der Waals surface area contributed by atoms with Gasteiger partial charge in [0, 0.05) is 27.7 Å². The monoisotopic (exact) mass is 287 g/mol. The second-order valence-electron chi connectivity index (χ2n) is 5.64. The van der Waals surface area contributed by atoms with E-state index in [4.69, 9.17) is 4.99 Å². The van der Waals surface area contributed by atoms with Crippen LogP contribution in [0.15, 0.2) is 40.3 Å². The zero-order valence-corrected chi connectivity index (χ0v) is 13.4. The van der Waals surface area contributed by atoms with Gasteiger partial charge in [0.15, 0.2) is 5.96 Å². The molecule has 21 heavy (non-hydrogen) atoms. The summed E-state index contributed by atoms with van der Waals surface area (Å²) in [7, 11) is 6.05. The lowest BCUT2D eigenvalue weighted by atomic mass is 10.1. The van der Waals surface area contributed by atoms with Crippen molar-refractivity contribution in [2.24, 2.45) is 9.98 Å². The maximum Gasteiger partial charge on any atom is 0.200 e. The number of rotatable bonds is 3.